The summed E-state index contributed by atoms with van der Waals surface area (Å²) in [5, 5.41) is 0.161. The van der Waals surface area contributed by atoms with Crippen LogP contribution >= 0.6 is 0 Å². The van der Waals surface area contributed by atoms with E-state index >= 15 is 4.39 Å². The van der Waals surface area contributed by atoms with Crippen LogP contribution in [0, 0.1) is 12.7 Å². The molecule has 4 heterocycles. The summed E-state index contributed by atoms with van der Waals surface area (Å²) in [6.45, 7) is 4.13. The third-order valence-corrected chi connectivity index (χ3v) is 4.94. The number of nitrogens with zero attached hydrogens (tertiary/aromatic N) is 5. The molecule has 0 aromatic carbocycles. The summed E-state index contributed by atoms with van der Waals surface area (Å²) < 4.78 is 67.8. The molecule has 0 amide bonds. The molecular weight excluding hydrogens is 420 g/mol. The minimum Gasteiger partial charge on any atom is -0.475 e. The van der Waals surface area contributed by atoms with Crippen molar-refractivity contribution in [3.8, 4) is 23.1 Å². The van der Waals surface area contributed by atoms with E-state index in [4.69, 9.17) is 15.2 Å². The van der Waals surface area contributed by atoms with Crippen molar-refractivity contribution in [2.24, 2.45) is 0 Å². The number of nitrogens with two attached hydrogens (primary N) is 1. The number of pyridine rings is 2. The van der Waals surface area contributed by atoms with Crippen molar-refractivity contribution in [2.45, 2.75) is 20.0 Å². The lowest BCUT2D eigenvalue weighted by atomic mass is 10.0. The van der Waals surface area contributed by atoms with E-state index in [1.54, 1.807) is 0 Å². The summed E-state index contributed by atoms with van der Waals surface area (Å²) in [5.74, 6) is -1.01. The van der Waals surface area contributed by atoms with Gasteiger partial charge >= 0.3 is 12.2 Å². The maximum absolute atomic E-state index is 15.7. The van der Waals surface area contributed by atoms with Crippen LogP contribution in [-0.2, 0) is 6.18 Å². The number of aryl methyl sites for hydroxylation is 1. The van der Waals surface area contributed by atoms with E-state index in [9.17, 15) is 13.2 Å². The van der Waals surface area contributed by atoms with Gasteiger partial charge in [0.15, 0.2) is 5.82 Å². The second-order valence-corrected chi connectivity index (χ2v) is 6.82. The summed E-state index contributed by atoms with van der Waals surface area (Å²) >= 11 is 0. The van der Waals surface area contributed by atoms with Gasteiger partial charge in [0.1, 0.15) is 34.8 Å². The quantitative estimate of drug-likeness (QED) is 0.622. The molecule has 0 bridgehead atoms. The molecule has 0 radical (unpaired) electrons. The van der Waals surface area contributed by atoms with Gasteiger partial charge in [0.05, 0.1) is 24.9 Å². The van der Waals surface area contributed by atoms with Crippen LogP contribution < -0.4 is 20.1 Å². The molecule has 0 aliphatic carbocycles. The van der Waals surface area contributed by atoms with E-state index in [1.807, 2.05) is 11.8 Å². The molecule has 0 fully saturated rings. The maximum Gasteiger partial charge on any atom is 0.418 e. The van der Waals surface area contributed by atoms with E-state index in [2.05, 4.69) is 19.9 Å². The molecular formula is C19H18F4N6O2. The fraction of sp³-hybridized carbons (Fsp3) is 0.368. The Morgan fingerprint density at radius 3 is 2.61 bits per heavy atom. The normalized spacial score (nSPS) is 13.8. The van der Waals surface area contributed by atoms with E-state index in [-0.39, 0.29) is 35.2 Å². The van der Waals surface area contributed by atoms with E-state index in [1.165, 1.54) is 7.11 Å². The lowest BCUT2D eigenvalue weighted by Crippen LogP contribution is -2.27. The number of hydrogen-bond donors (Lipinski definition) is 1. The van der Waals surface area contributed by atoms with Crippen LogP contribution in [0.2, 0.25) is 0 Å². The van der Waals surface area contributed by atoms with Gasteiger partial charge in [0.2, 0.25) is 5.88 Å². The number of anilines is 2. The summed E-state index contributed by atoms with van der Waals surface area (Å²) in [5.41, 5.74) is 2.74. The molecule has 12 heteroatoms. The van der Waals surface area contributed by atoms with Gasteiger partial charge < -0.3 is 20.1 Å². The van der Waals surface area contributed by atoms with Crippen LogP contribution in [0.4, 0.5) is 29.2 Å². The molecule has 2 N–H and O–H groups in total. The fourth-order valence-electron chi connectivity index (χ4n) is 3.61. The van der Waals surface area contributed by atoms with Crippen molar-refractivity contribution in [3.05, 3.63) is 23.1 Å². The molecule has 164 valence electrons. The van der Waals surface area contributed by atoms with Gasteiger partial charge in [-0.15, -0.1) is 0 Å². The monoisotopic (exact) mass is 438 g/mol. The third kappa shape index (κ3) is 3.41. The highest BCUT2D eigenvalue weighted by molar-refractivity contribution is 5.97. The predicted molar refractivity (Wildman–Crippen MR) is 105 cm³/mol. The highest BCUT2D eigenvalue weighted by Crippen LogP contribution is 2.43. The fourth-order valence-corrected chi connectivity index (χ4v) is 3.61. The largest absolute Gasteiger partial charge is 0.475 e. The summed E-state index contributed by atoms with van der Waals surface area (Å²) in [6, 6.07) is 0.806. The Bertz CT molecular complexity index is 1180. The average molecular weight is 438 g/mol. The summed E-state index contributed by atoms with van der Waals surface area (Å²) in [4.78, 5) is 17.9. The molecule has 3 aromatic heterocycles. The van der Waals surface area contributed by atoms with Crippen molar-refractivity contribution in [3.63, 3.8) is 0 Å². The Morgan fingerprint density at radius 1 is 1.23 bits per heavy atom. The van der Waals surface area contributed by atoms with Gasteiger partial charge in [-0.1, -0.05) is 0 Å². The smallest absolute Gasteiger partial charge is 0.418 e. The Hall–Kier alpha value is -3.44. The second-order valence-electron chi connectivity index (χ2n) is 6.82. The van der Waals surface area contributed by atoms with Gasteiger partial charge in [-0.05, 0) is 19.9 Å². The number of likely N-dealkylation sites (N-methyl/N-ethyl adjacent to an activating group) is 1. The second kappa shape index (κ2) is 7.36. The predicted octanol–water partition coefficient (Wildman–Crippen LogP) is 3.36. The molecule has 0 unspecified atom stereocenters. The molecule has 31 heavy (non-hydrogen) atoms. The molecule has 0 saturated heterocycles. The van der Waals surface area contributed by atoms with Crippen LogP contribution in [0.25, 0.3) is 22.2 Å². The van der Waals surface area contributed by atoms with Gasteiger partial charge in [0.25, 0.3) is 0 Å². The topological polar surface area (TPSA) is 99.3 Å². The zero-order chi connectivity index (χ0) is 22.5. The van der Waals surface area contributed by atoms with Gasteiger partial charge in [-0.25, -0.2) is 14.4 Å². The average Bonchev–Trinajstić information content (AvgIpc) is 2.87. The standard InChI is InChI=1S/C19H18F4N6O2/c1-4-29-5-6-31-17-11-15(27-18(30-3)28-16(11)29)13(20)14(26-17)9-7-10(24)25-8(2)12(9)19(21,22)23/h7H,4-6H2,1-3H3,(H2,24,25). The third-order valence-electron chi connectivity index (χ3n) is 4.94. The number of halogens is 4. The summed E-state index contributed by atoms with van der Waals surface area (Å²) in [6.07, 6.45) is -4.81. The van der Waals surface area contributed by atoms with Gasteiger partial charge in [0, 0.05) is 12.1 Å². The number of methoxy groups -OCH3 is 1. The summed E-state index contributed by atoms with van der Waals surface area (Å²) in [7, 11) is 1.31. The number of alkyl halides is 3. The first kappa shape index (κ1) is 20.8. The minimum atomic E-state index is -4.81. The molecule has 0 saturated carbocycles. The molecule has 1 aliphatic heterocycles. The first-order valence-electron chi connectivity index (χ1n) is 9.33. The molecule has 8 nitrogen and oxygen atoms in total. The van der Waals surface area contributed by atoms with Crippen LogP contribution in [0.1, 0.15) is 18.2 Å². The molecule has 0 spiro atoms. The van der Waals surface area contributed by atoms with E-state index < -0.39 is 34.5 Å². The zero-order valence-corrected chi connectivity index (χ0v) is 16.8. The highest BCUT2D eigenvalue weighted by atomic mass is 19.4. The van der Waals surface area contributed by atoms with Crippen molar-refractivity contribution < 1.29 is 27.0 Å². The number of hydrogen-bond acceptors (Lipinski definition) is 8. The molecule has 0 atom stereocenters. The van der Waals surface area contributed by atoms with Gasteiger partial charge in [-0.3, -0.25) is 0 Å². The van der Waals surface area contributed by atoms with Crippen molar-refractivity contribution >= 4 is 22.5 Å². The molecule has 1 aliphatic rings. The maximum atomic E-state index is 15.7. The first-order valence-corrected chi connectivity index (χ1v) is 9.33. The SMILES string of the molecule is CCN1CCOc2nc(-c3cc(N)nc(C)c3C(F)(F)F)c(F)c3nc(OC)nc1c23. The van der Waals surface area contributed by atoms with Crippen LogP contribution in [0.3, 0.4) is 0 Å². The van der Waals surface area contributed by atoms with Crippen molar-refractivity contribution in [1.82, 2.24) is 19.9 Å². The lowest BCUT2D eigenvalue weighted by molar-refractivity contribution is -0.137. The Kier molecular flexibility index (Phi) is 4.94. The molecule has 3 aromatic rings. The van der Waals surface area contributed by atoms with E-state index in [0.29, 0.717) is 18.9 Å². The van der Waals surface area contributed by atoms with Crippen LogP contribution in [0.15, 0.2) is 6.07 Å². The van der Waals surface area contributed by atoms with Crippen LogP contribution in [0.5, 0.6) is 11.9 Å². The first-order chi connectivity index (χ1) is 14.7. The molecule has 4 rings (SSSR count). The number of ether oxygens (including phenoxy) is 2. The zero-order valence-electron chi connectivity index (χ0n) is 16.8. The Balaban J connectivity index is 2.12. The number of rotatable bonds is 3. The van der Waals surface area contributed by atoms with Crippen LogP contribution in [-0.4, -0.2) is 46.7 Å². The number of nitrogen functional groups attached to an aromatic ring is 1. The van der Waals surface area contributed by atoms with E-state index in [0.717, 1.165) is 13.0 Å². The van der Waals surface area contributed by atoms with Gasteiger partial charge in [-0.2, -0.15) is 23.1 Å². The Labute approximate surface area is 174 Å². The lowest BCUT2D eigenvalue weighted by Gasteiger charge is -2.20. The Morgan fingerprint density at radius 2 is 1.97 bits per heavy atom. The minimum absolute atomic E-state index is 0.0684. The van der Waals surface area contributed by atoms with Crippen molar-refractivity contribution in [2.75, 3.05) is 37.4 Å². The van der Waals surface area contributed by atoms with Crippen molar-refractivity contribution in [1.29, 1.82) is 0 Å². The number of aromatic nitrogens is 4. The highest BCUT2D eigenvalue weighted by Gasteiger charge is 2.38.